The number of nitrogens with one attached hydrogen (secondary N) is 1. The summed E-state index contributed by atoms with van der Waals surface area (Å²) in [7, 11) is 0. The van der Waals surface area contributed by atoms with E-state index in [-0.39, 0.29) is 11.5 Å². The summed E-state index contributed by atoms with van der Waals surface area (Å²) in [4.78, 5) is 0. The van der Waals surface area contributed by atoms with Crippen molar-refractivity contribution in [2.45, 2.75) is 33.6 Å². The van der Waals surface area contributed by atoms with Gasteiger partial charge in [0, 0.05) is 22.4 Å². The number of phenols is 2. The van der Waals surface area contributed by atoms with Gasteiger partial charge in [-0.2, -0.15) is 5.10 Å². The lowest BCUT2D eigenvalue weighted by Crippen LogP contribution is -1.88. The van der Waals surface area contributed by atoms with Gasteiger partial charge in [-0.25, -0.2) is 0 Å². The Labute approximate surface area is 141 Å². The molecule has 0 amide bonds. The number of rotatable bonds is 4. The molecule has 0 spiro atoms. The minimum Gasteiger partial charge on any atom is -0.508 e. The maximum absolute atomic E-state index is 10.4. The lowest BCUT2D eigenvalue weighted by molar-refractivity contribution is 0.444. The normalized spacial score (nSPS) is 11.0. The minimum absolute atomic E-state index is 0.0605. The Morgan fingerprint density at radius 1 is 1.00 bits per heavy atom. The topological polar surface area (TPSA) is 69.1 Å². The van der Waals surface area contributed by atoms with Crippen LogP contribution >= 0.6 is 0 Å². The van der Waals surface area contributed by atoms with Crippen molar-refractivity contribution >= 4 is 0 Å². The first kappa shape index (κ1) is 16.1. The second-order valence-corrected chi connectivity index (χ2v) is 6.12. The SMILES string of the molecule is CCCc1ccc(-c2c(-c3ccc(O)c(C)c3O)n[nH]c2C)cc1. The molecule has 4 nitrogen and oxygen atoms in total. The van der Waals surface area contributed by atoms with Crippen LogP contribution in [0.3, 0.4) is 0 Å². The Hall–Kier alpha value is -2.75. The molecule has 3 rings (SSSR count). The van der Waals surface area contributed by atoms with Gasteiger partial charge >= 0.3 is 0 Å². The number of aromatic amines is 1. The Morgan fingerprint density at radius 3 is 2.38 bits per heavy atom. The molecule has 0 aliphatic heterocycles. The van der Waals surface area contributed by atoms with Gasteiger partial charge in [-0.15, -0.1) is 0 Å². The number of aryl methyl sites for hydroxylation is 2. The molecule has 0 saturated heterocycles. The van der Waals surface area contributed by atoms with E-state index in [1.54, 1.807) is 19.1 Å². The van der Waals surface area contributed by atoms with E-state index in [2.05, 4.69) is 41.4 Å². The summed E-state index contributed by atoms with van der Waals surface area (Å²) >= 11 is 0. The zero-order chi connectivity index (χ0) is 17.3. The van der Waals surface area contributed by atoms with Crippen LogP contribution in [0.2, 0.25) is 0 Å². The van der Waals surface area contributed by atoms with Crippen molar-refractivity contribution in [1.82, 2.24) is 10.2 Å². The smallest absolute Gasteiger partial charge is 0.131 e. The van der Waals surface area contributed by atoms with E-state index in [0.717, 1.165) is 29.7 Å². The molecular weight excluding hydrogens is 300 g/mol. The number of hydrogen-bond acceptors (Lipinski definition) is 3. The highest BCUT2D eigenvalue weighted by Crippen LogP contribution is 2.40. The largest absolute Gasteiger partial charge is 0.508 e. The Morgan fingerprint density at radius 2 is 1.71 bits per heavy atom. The Balaban J connectivity index is 2.11. The lowest BCUT2D eigenvalue weighted by Gasteiger charge is -2.10. The first-order chi connectivity index (χ1) is 11.5. The molecule has 0 bridgehead atoms. The summed E-state index contributed by atoms with van der Waals surface area (Å²) in [6.45, 7) is 5.82. The summed E-state index contributed by atoms with van der Waals surface area (Å²) in [5.74, 6) is 0.138. The Kier molecular flexibility index (Phi) is 4.30. The third-order valence-electron chi connectivity index (χ3n) is 4.39. The number of H-pyrrole nitrogens is 1. The summed E-state index contributed by atoms with van der Waals surface area (Å²) in [5.41, 5.74) is 6.04. The maximum Gasteiger partial charge on any atom is 0.131 e. The summed E-state index contributed by atoms with van der Waals surface area (Å²) in [6, 6.07) is 11.7. The second-order valence-electron chi connectivity index (χ2n) is 6.12. The first-order valence-corrected chi connectivity index (χ1v) is 8.19. The molecule has 1 aromatic heterocycles. The first-order valence-electron chi connectivity index (χ1n) is 8.19. The molecule has 0 aliphatic rings. The van der Waals surface area contributed by atoms with Crippen molar-refractivity contribution in [3.05, 3.63) is 53.2 Å². The molecule has 24 heavy (non-hydrogen) atoms. The van der Waals surface area contributed by atoms with Crippen molar-refractivity contribution in [2.24, 2.45) is 0 Å². The van der Waals surface area contributed by atoms with Crippen LogP contribution in [0.15, 0.2) is 36.4 Å². The molecule has 0 saturated carbocycles. The third-order valence-corrected chi connectivity index (χ3v) is 4.39. The minimum atomic E-state index is 0.0605. The summed E-state index contributed by atoms with van der Waals surface area (Å²) < 4.78 is 0. The van der Waals surface area contributed by atoms with E-state index >= 15 is 0 Å². The Bertz CT molecular complexity index is 864. The standard InChI is InChI=1S/C20H22N2O2/c1-4-5-14-6-8-15(9-7-14)18-13(3)21-22-19(18)16-10-11-17(23)12(2)20(16)24/h6-11,23-24H,4-5H2,1-3H3,(H,21,22). The highest BCUT2D eigenvalue weighted by molar-refractivity contribution is 5.85. The number of hydrogen-bond donors (Lipinski definition) is 3. The average molecular weight is 322 g/mol. The predicted octanol–water partition coefficient (Wildman–Crippen LogP) is 4.72. The average Bonchev–Trinajstić information content (AvgIpc) is 2.95. The molecule has 0 aliphatic carbocycles. The van der Waals surface area contributed by atoms with Crippen molar-refractivity contribution in [2.75, 3.05) is 0 Å². The monoisotopic (exact) mass is 322 g/mol. The molecule has 3 aromatic rings. The van der Waals surface area contributed by atoms with Crippen LogP contribution in [0.5, 0.6) is 11.5 Å². The summed E-state index contributed by atoms with van der Waals surface area (Å²) in [5, 5.41) is 27.6. The van der Waals surface area contributed by atoms with Gasteiger partial charge < -0.3 is 10.2 Å². The van der Waals surface area contributed by atoms with Gasteiger partial charge in [-0.1, -0.05) is 37.6 Å². The van der Waals surface area contributed by atoms with Crippen LogP contribution in [-0.2, 0) is 6.42 Å². The van der Waals surface area contributed by atoms with E-state index < -0.39 is 0 Å². The van der Waals surface area contributed by atoms with Gasteiger partial charge in [0.25, 0.3) is 0 Å². The molecular formula is C20H22N2O2. The van der Waals surface area contributed by atoms with Crippen LogP contribution in [0.1, 0.15) is 30.2 Å². The van der Waals surface area contributed by atoms with E-state index in [9.17, 15) is 10.2 Å². The number of phenolic OH excluding ortho intramolecular Hbond substituents is 2. The van der Waals surface area contributed by atoms with Crippen LogP contribution in [-0.4, -0.2) is 20.4 Å². The van der Waals surface area contributed by atoms with Crippen molar-refractivity contribution in [3.8, 4) is 33.9 Å². The third kappa shape index (κ3) is 2.75. The molecule has 3 N–H and O–H groups in total. The molecule has 0 radical (unpaired) electrons. The van der Waals surface area contributed by atoms with Crippen LogP contribution in [0, 0.1) is 13.8 Å². The fourth-order valence-corrected chi connectivity index (χ4v) is 2.98. The van der Waals surface area contributed by atoms with Crippen LogP contribution in [0.4, 0.5) is 0 Å². The van der Waals surface area contributed by atoms with Gasteiger partial charge in [0.2, 0.25) is 0 Å². The van der Waals surface area contributed by atoms with Gasteiger partial charge in [-0.3, -0.25) is 5.10 Å². The van der Waals surface area contributed by atoms with E-state index in [0.29, 0.717) is 16.8 Å². The number of benzene rings is 2. The van der Waals surface area contributed by atoms with Gasteiger partial charge in [-0.05, 0) is 43.5 Å². The number of aromatic nitrogens is 2. The van der Waals surface area contributed by atoms with Gasteiger partial charge in [0.15, 0.2) is 0 Å². The summed E-state index contributed by atoms with van der Waals surface area (Å²) in [6.07, 6.45) is 2.19. The second kappa shape index (κ2) is 6.40. The van der Waals surface area contributed by atoms with E-state index in [1.807, 2.05) is 6.92 Å². The number of nitrogens with zero attached hydrogens (tertiary/aromatic N) is 1. The molecule has 1 heterocycles. The fraction of sp³-hybridized carbons (Fsp3) is 0.250. The zero-order valence-corrected chi connectivity index (χ0v) is 14.2. The molecule has 124 valence electrons. The van der Waals surface area contributed by atoms with E-state index in [1.165, 1.54) is 5.56 Å². The quantitative estimate of drug-likeness (QED) is 0.650. The molecule has 2 aromatic carbocycles. The molecule has 4 heteroatoms. The van der Waals surface area contributed by atoms with Gasteiger partial charge in [0.05, 0.1) is 0 Å². The molecule has 0 atom stereocenters. The molecule has 0 fully saturated rings. The van der Waals surface area contributed by atoms with Crippen molar-refractivity contribution < 1.29 is 10.2 Å². The fourth-order valence-electron chi connectivity index (χ4n) is 2.98. The number of aromatic hydroxyl groups is 2. The zero-order valence-electron chi connectivity index (χ0n) is 14.2. The van der Waals surface area contributed by atoms with Crippen molar-refractivity contribution in [3.63, 3.8) is 0 Å². The predicted molar refractivity (Wildman–Crippen MR) is 96.3 cm³/mol. The molecule has 0 unspecified atom stereocenters. The van der Waals surface area contributed by atoms with E-state index in [4.69, 9.17) is 0 Å². The lowest BCUT2D eigenvalue weighted by atomic mass is 9.96. The van der Waals surface area contributed by atoms with Crippen LogP contribution in [0.25, 0.3) is 22.4 Å². The highest BCUT2D eigenvalue weighted by atomic mass is 16.3. The van der Waals surface area contributed by atoms with Gasteiger partial charge in [0.1, 0.15) is 17.2 Å². The van der Waals surface area contributed by atoms with Crippen LogP contribution < -0.4 is 0 Å². The highest BCUT2D eigenvalue weighted by Gasteiger charge is 2.19. The van der Waals surface area contributed by atoms with Crippen molar-refractivity contribution in [1.29, 1.82) is 0 Å². The maximum atomic E-state index is 10.4.